The van der Waals surface area contributed by atoms with Crippen molar-refractivity contribution in [2.45, 2.75) is 39.3 Å². The lowest BCUT2D eigenvalue weighted by molar-refractivity contribution is 0.0523. The van der Waals surface area contributed by atoms with E-state index in [9.17, 15) is 9.18 Å². The van der Waals surface area contributed by atoms with Gasteiger partial charge in [-0.1, -0.05) is 24.3 Å². The van der Waals surface area contributed by atoms with Crippen molar-refractivity contribution >= 4 is 22.8 Å². The molecule has 0 atom stereocenters. The summed E-state index contributed by atoms with van der Waals surface area (Å²) in [4.78, 5) is 31.2. The van der Waals surface area contributed by atoms with Crippen LogP contribution in [0.3, 0.4) is 0 Å². The first-order valence-electron chi connectivity index (χ1n) is 12.6. The van der Waals surface area contributed by atoms with Crippen LogP contribution in [0.5, 0.6) is 0 Å². The minimum Gasteiger partial charge on any atom is -0.444 e. The van der Waals surface area contributed by atoms with Gasteiger partial charge in [-0.15, -0.1) is 0 Å². The molecule has 1 aromatic carbocycles. The Bertz CT molecular complexity index is 1500. The van der Waals surface area contributed by atoms with Crippen LogP contribution in [-0.2, 0) is 11.3 Å². The van der Waals surface area contributed by atoms with Crippen LogP contribution in [0.4, 0.5) is 9.18 Å². The molecular weight excluding hydrogens is 483 g/mol. The van der Waals surface area contributed by atoms with E-state index in [1.54, 1.807) is 33.0 Å². The van der Waals surface area contributed by atoms with Gasteiger partial charge in [0.05, 0.1) is 5.52 Å². The van der Waals surface area contributed by atoms with E-state index >= 15 is 0 Å². The number of rotatable bonds is 5. The monoisotopic (exact) mass is 514 g/mol. The Morgan fingerprint density at radius 3 is 2.66 bits per heavy atom. The van der Waals surface area contributed by atoms with Gasteiger partial charge in [-0.25, -0.2) is 19.2 Å². The number of nitrogens with zero attached hydrogens (tertiary/aromatic N) is 4. The zero-order valence-corrected chi connectivity index (χ0v) is 22.0. The average Bonchev–Trinajstić information content (AvgIpc) is 3.32. The van der Waals surface area contributed by atoms with Crippen molar-refractivity contribution in [2.75, 3.05) is 20.1 Å². The third-order valence-electron chi connectivity index (χ3n) is 6.37. The van der Waals surface area contributed by atoms with Crippen molar-refractivity contribution in [1.82, 2.24) is 30.2 Å². The van der Waals surface area contributed by atoms with Gasteiger partial charge in [-0.2, -0.15) is 0 Å². The first kappa shape index (κ1) is 25.5. The van der Waals surface area contributed by atoms with Crippen LogP contribution < -0.4 is 5.32 Å². The van der Waals surface area contributed by atoms with Crippen LogP contribution in [0.2, 0.25) is 0 Å². The largest absolute Gasteiger partial charge is 0.444 e. The zero-order valence-electron chi connectivity index (χ0n) is 22.0. The van der Waals surface area contributed by atoms with Gasteiger partial charge in [0.1, 0.15) is 17.1 Å². The molecule has 0 radical (unpaired) electrons. The number of fused-ring (bicyclic) bond motifs is 1. The Morgan fingerprint density at radius 2 is 1.97 bits per heavy atom. The molecule has 4 aromatic rings. The number of halogens is 1. The summed E-state index contributed by atoms with van der Waals surface area (Å²) in [7, 11) is 2.12. The molecule has 3 aromatic heterocycles. The smallest absolute Gasteiger partial charge is 0.407 e. The number of benzene rings is 1. The van der Waals surface area contributed by atoms with Crippen molar-refractivity contribution in [1.29, 1.82) is 0 Å². The van der Waals surface area contributed by atoms with Gasteiger partial charge in [-0.3, -0.25) is 4.98 Å². The number of H-pyrrole nitrogens is 1. The number of pyridine rings is 2. The van der Waals surface area contributed by atoms with E-state index in [1.165, 1.54) is 11.6 Å². The van der Waals surface area contributed by atoms with E-state index in [4.69, 9.17) is 4.74 Å². The van der Waals surface area contributed by atoms with Gasteiger partial charge in [0.25, 0.3) is 0 Å². The fraction of sp³-hybridized carbons (Fsp3) is 0.310. The molecule has 0 aliphatic carbocycles. The second kappa shape index (κ2) is 10.3. The SMILES string of the molecule is CN1CC=C(c2ccc(-c3nc4nccc(-c5ccc(CNC(=O)OC(C)(C)C)c(F)c5)c4[nH]3)nc2)CC1. The molecule has 196 valence electrons. The predicted octanol–water partition coefficient (Wildman–Crippen LogP) is 5.57. The van der Waals surface area contributed by atoms with E-state index in [1.807, 2.05) is 24.4 Å². The molecule has 5 rings (SSSR count). The molecule has 9 heteroatoms. The molecular formula is C29H31FN6O2. The van der Waals surface area contributed by atoms with Crippen LogP contribution in [-0.4, -0.2) is 56.7 Å². The number of aromatic nitrogens is 4. The minimum atomic E-state index is -0.621. The van der Waals surface area contributed by atoms with E-state index in [0.717, 1.165) is 30.6 Å². The molecule has 1 aliphatic rings. The van der Waals surface area contributed by atoms with Crippen molar-refractivity contribution in [3.8, 4) is 22.6 Å². The molecule has 0 spiro atoms. The highest BCUT2D eigenvalue weighted by molar-refractivity contribution is 5.91. The van der Waals surface area contributed by atoms with Gasteiger partial charge < -0.3 is 19.9 Å². The summed E-state index contributed by atoms with van der Waals surface area (Å²) in [6.07, 6.45) is 6.19. The summed E-state index contributed by atoms with van der Waals surface area (Å²) >= 11 is 0. The number of amides is 1. The Kier molecular flexibility index (Phi) is 6.94. The molecule has 0 unspecified atom stereocenters. The van der Waals surface area contributed by atoms with Gasteiger partial charge in [-0.05, 0) is 69.1 Å². The Balaban J connectivity index is 1.36. The molecule has 1 aliphatic heterocycles. The molecule has 4 heterocycles. The van der Waals surface area contributed by atoms with Gasteiger partial charge in [0.2, 0.25) is 0 Å². The minimum absolute atomic E-state index is 0.0241. The predicted molar refractivity (Wildman–Crippen MR) is 146 cm³/mol. The second-order valence-electron chi connectivity index (χ2n) is 10.5. The maximum absolute atomic E-state index is 15.0. The molecule has 38 heavy (non-hydrogen) atoms. The van der Waals surface area contributed by atoms with Crippen LogP contribution in [0.25, 0.3) is 39.4 Å². The zero-order chi connectivity index (χ0) is 26.9. The number of nitrogens with one attached hydrogen (secondary N) is 2. The number of hydrogen-bond acceptors (Lipinski definition) is 6. The third-order valence-corrected chi connectivity index (χ3v) is 6.37. The van der Waals surface area contributed by atoms with Gasteiger partial charge in [0.15, 0.2) is 11.5 Å². The average molecular weight is 515 g/mol. The number of hydrogen-bond donors (Lipinski definition) is 2. The van der Waals surface area contributed by atoms with Crippen LogP contribution in [0.1, 0.15) is 38.3 Å². The molecule has 0 fully saturated rings. The van der Waals surface area contributed by atoms with Crippen molar-refractivity contribution in [3.63, 3.8) is 0 Å². The lowest BCUT2D eigenvalue weighted by atomic mass is 10.0. The molecule has 8 nitrogen and oxygen atoms in total. The van der Waals surface area contributed by atoms with Crippen LogP contribution in [0, 0.1) is 5.82 Å². The summed E-state index contributed by atoms with van der Waals surface area (Å²) < 4.78 is 20.2. The standard InChI is InChI=1S/C29H31FN6O2/c1-29(2,3)38-28(37)33-17-21-6-5-19(15-23(21)30)22-9-12-31-27-25(22)34-26(35-27)24-8-7-20(16-32-24)18-10-13-36(4)14-11-18/h5-10,12,15-16H,11,13-14,17H2,1-4H3,(H,33,37)(H,31,34,35). The highest BCUT2D eigenvalue weighted by Crippen LogP contribution is 2.30. The first-order chi connectivity index (χ1) is 18.2. The van der Waals surface area contributed by atoms with E-state index in [0.29, 0.717) is 33.8 Å². The van der Waals surface area contributed by atoms with Gasteiger partial charge >= 0.3 is 6.09 Å². The van der Waals surface area contributed by atoms with E-state index in [-0.39, 0.29) is 6.54 Å². The lowest BCUT2D eigenvalue weighted by Crippen LogP contribution is -2.32. The topological polar surface area (TPSA) is 96.0 Å². The summed E-state index contributed by atoms with van der Waals surface area (Å²) in [5.74, 6) is 0.172. The Labute approximate surface area is 221 Å². The number of carbonyl (C=O) groups is 1. The molecule has 2 N–H and O–H groups in total. The van der Waals surface area contributed by atoms with Crippen LogP contribution in [0.15, 0.2) is 54.9 Å². The second-order valence-corrected chi connectivity index (χ2v) is 10.5. The number of ether oxygens (including phenoxy) is 1. The highest BCUT2D eigenvalue weighted by Gasteiger charge is 2.18. The number of aromatic amines is 1. The summed E-state index contributed by atoms with van der Waals surface area (Å²) in [6, 6.07) is 10.8. The van der Waals surface area contributed by atoms with Crippen molar-refractivity contribution in [3.05, 3.63) is 71.8 Å². The third kappa shape index (κ3) is 5.73. The fourth-order valence-electron chi connectivity index (χ4n) is 4.37. The summed E-state index contributed by atoms with van der Waals surface area (Å²) in [6.45, 7) is 7.33. The fourth-order valence-corrected chi connectivity index (χ4v) is 4.37. The highest BCUT2D eigenvalue weighted by atomic mass is 19.1. The maximum atomic E-state index is 15.0. The van der Waals surface area contributed by atoms with Crippen molar-refractivity contribution in [2.24, 2.45) is 0 Å². The number of carbonyl (C=O) groups excluding carboxylic acids is 1. The van der Waals surface area contributed by atoms with Crippen LogP contribution >= 0.6 is 0 Å². The molecule has 0 saturated carbocycles. The Hall–Kier alpha value is -4.11. The molecule has 1 amide bonds. The van der Waals surface area contributed by atoms with E-state index in [2.05, 4.69) is 49.3 Å². The number of likely N-dealkylation sites (N-methyl/N-ethyl adjacent to an activating group) is 1. The molecule has 0 bridgehead atoms. The first-order valence-corrected chi connectivity index (χ1v) is 12.6. The van der Waals surface area contributed by atoms with Crippen molar-refractivity contribution < 1.29 is 13.9 Å². The number of alkyl carbamates (subject to hydrolysis) is 1. The van der Waals surface area contributed by atoms with E-state index < -0.39 is 17.5 Å². The summed E-state index contributed by atoms with van der Waals surface area (Å²) in [5.41, 5.74) is 5.54. The Morgan fingerprint density at radius 1 is 1.16 bits per heavy atom. The molecule has 0 saturated heterocycles. The normalized spacial score (nSPS) is 14.4. The maximum Gasteiger partial charge on any atom is 0.407 e. The number of imidazole rings is 1. The quantitative estimate of drug-likeness (QED) is 0.362. The lowest BCUT2D eigenvalue weighted by Gasteiger charge is -2.21. The van der Waals surface area contributed by atoms with Gasteiger partial charge in [0, 0.05) is 43.2 Å². The summed E-state index contributed by atoms with van der Waals surface area (Å²) in [5, 5.41) is 2.59.